The van der Waals surface area contributed by atoms with E-state index in [-0.39, 0.29) is 6.61 Å². The standard InChI is InChI=1S/C29H35N3O4Si/c1-34-24-10-5-21(6-11-24)19-36-25-12-7-22(8-13-25)26-14-9-23(17-30-26)29-31-27(18-33)28(32-29)20-35-15-16-37(2,3)4/h5-14,17,33H,15-16,18-20H2,1-4H3,(H,31,32). The molecular weight excluding hydrogens is 482 g/mol. The molecular formula is C29H35N3O4Si. The molecule has 0 saturated heterocycles. The minimum absolute atomic E-state index is 0.137. The molecule has 0 saturated carbocycles. The number of aromatic nitrogens is 3. The van der Waals surface area contributed by atoms with Crippen molar-refractivity contribution in [2.24, 2.45) is 0 Å². The van der Waals surface area contributed by atoms with Crippen LogP contribution in [0.5, 0.6) is 11.5 Å². The first-order chi connectivity index (χ1) is 17.8. The van der Waals surface area contributed by atoms with Gasteiger partial charge in [-0.05, 0) is 60.1 Å². The quantitative estimate of drug-likeness (QED) is 0.175. The van der Waals surface area contributed by atoms with Gasteiger partial charge in [0, 0.05) is 32.0 Å². The first-order valence-electron chi connectivity index (χ1n) is 12.4. The number of aliphatic hydroxyl groups excluding tert-OH is 1. The van der Waals surface area contributed by atoms with Gasteiger partial charge in [0.05, 0.1) is 37.4 Å². The molecule has 4 aromatic rings. The molecule has 0 aliphatic carbocycles. The lowest BCUT2D eigenvalue weighted by Crippen LogP contribution is -2.21. The van der Waals surface area contributed by atoms with E-state index in [1.54, 1.807) is 13.3 Å². The number of ether oxygens (including phenoxy) is 3. The Labute approximate surface area is 219 Å². The van der Waals surface area contributed by atoms with E-state index in [1.165, 1.54) is 0 Å². The third-order valence-electron chi connectivity index (χ3n) is 6.01. The van der Waals surface area contributed by atoms with Gasteiger partial charge in [-0.1, -0.05) is 31.8 Å². The van der Waals surface area contributed by atoms with Crippen LogP contribution in [-0.4, -0.2) is 41.8 Å². The fourth-order valence-corrected chi connectivity index (χ4v) is 4.46. The van der Waals surface area contributed by atoms with E-state index in [4.69, 9.17) is 14.2 Å². The second-order valence-corrected chi connectivity index (χ2v) is 15.7. The number of pyridine rings is 1. The Morgan fingerprint density at radius 2 is 1.57 bits per heavy atom. The summed E-state index contributed by atoms with van der Waals surface area (Å²) in [6.07, 6.45) is 1.79. The maximum absolute atomic E-state index is 9.74. The summed E-state index contributed by atoms with van der Waals surface area (Å²) in [5.74, 6) is 2.30. The van der Waals surface area contributed by atoms with Crippen molar-refractivity contribution in [1.82, 2.24) is 15.0 Å². The molecule has 0 aliphatic heterocycles. The molecule has 2 heterocycles. The molecule has 37 heavy (non-hydrogen) atoms. The lowest BCUT2D eigenvalue weighted by atomic mass is 10.1. The first-order valence-corrected chi connectivity index (χ1v) is 16.1. The number of H-pyrrole nitrogens is 1. The van der Waals surface area contributed by atoms with E-state index < -0.39 is 8.07 Å². The Hall–Kier alpha value is -3.46. The van der Waals surface area contributed by atoms with E-state index in [0.29, 0.717) is 24.7 Å². The maximum atomic E-state index is 9.74. The number of benzene rings is 2. The fraction of sp³-hybridized carbons (Fsp3) is 0.310. The van der Waals surface area contributed by atoms with E-state index in [1.807, 2.05) is 60.7 Å². The first kappa shape index (κ1) is 26.6. The van der Waals surface area contributed by atoms with Crippen molar-refractivity contribution in [2.45, 2.75) is 45.5 Å². The SMILES string of the molecule is COc1ccc(COc2ccc(-c3ccc(-c4nc(CO)c(COCC[Si](C)(C)C)[nH]4)cn3)cc2)cc1. The molecule has 8 heteroatoms. The molecule has 7 nitrogen and oxygen atoms in total. The Morgan fingerprint density at radius 3 is 2.19 bits per heavy atom. The summed E-state index contributed by atoms with van der Waals surface area (Å²) >= 11 is 0. The zero-order valence-electron chi connectivity index (χ0n) is 22.0. The largest absolute Gasteiger partial charge is 0.497 e. The van der Waals surface area contributed by atoms with Crippen LogP contribution in [0.4, 0.5) is 0 Å². The molecule has 4 rings (SSSR count). The smallest absolute Gasteiger partial charge is 0.139 e. The van der Waals surface area contributed by atoms with Crippen LogP contribution in [0, 0.1) is 0 Å². The van der Waals surface area contributed by atoms with E-state index in [9.17, 15) is 5.11 Å². The van der Waals surface area contributed by atoms with Gasteiger partial charge in [-0.3, -0.25) is 4.98 Å². The normalized spacial score (nSPS) is 11.5. The van der Waals surface area contributed by atoms with Crippen molar-refractivity contribution < 1.29 is 19.3 Å². The van der Waals surface area contributed by atoms with Crippen molar-refractivity contribution in [3.63, 3.8) is 0 Å². The van der Waals surface area contributed by atoms with Gasteiger partial charge in [0.15, 0.2) is 0 Å². The van der Waals surface area contributed by atoms with Gasteiger partial charge in [0.1, 0.15) is 23.9 Å². The van der Waals surface area contributed by atoms with Crippen molar-refractivity contribution in [1.29, 1.82) is 0 Å². The van der Waals surface area contributed by atoms with Gasteiger partial charge in [-0.25, -0.2) is 4.98 Å². The summed E-state index contributed by atoms with van der Waals surface area (Å²) in [6.45, 7) is 8.45. The average Bonchev–Trinajstić information content (AvgIpc) is 3.33. The Bertz CT molecular complexity index is 1260. The monoisotopic (exact) mass is 517 g/mol. The van der Waals surface area contributed by atoms with Crippen LogP contribution in [0.2, 0.25) is 25.7 Å². The van der Waals surface area contributed by atoms with Gasteiger partial charge < -0.3 is 24.3 Å². The molecule has 0 fully saturated rings. The number of methoxy groups -OCH3 is 1. The summed E-state index contributed by atoms with van der Waals surface area (Å²) < 4.78 is 16.9. The van der Waals surface area contributed by atoms with E-state index in [2.05, 4.69) is 34.6 Å². The Morgan fingerprint density at radius 1 is 0.865 bits per heavy atom. The second kappa shape index (κ2) is 12.2. The molecule has 0 aliphatic rings. The average molecular weight is 518 g/mol. The van der Waals surface area contributed by atoms with Crippen LogP contribution in [0.25, 0.3) is 22.6 Å². The molecule has 2 aromatic heterocycles. The highest BCUT2D eigenvalue weighted by molar-refractivity contribution is 6.76. The van der Waals surface area contributed by atoms with Gasteiger partial charge >= 0.3 is 0 Å². The van der Waals surface area contributed by atoms with Crippen LogP contribution < -0.4 is 9.47 Å². The van der Waals surface area contributed by atoms with E-state index in [0.717, 1.165) is 52.2 Å². The van der Waals surface area contributed by atoms with Crippen LogP contribution in [-0.2, 0) is 24.6 Å². The highest BCUT2D eigenvalue weighted by Crippen LogP contribution is 2.25. The highest BCUT2D eigenvalue weighted by Gasteiger charge is 2.15. The molecule has 0 unspecified atom stereocenters. The number of imidazole rings is 1. The molecule has 2 N–H and O–H groups in total. The van der Waals surface area contributed by atoms with Gasteiger partial charge in [0.2, 0.25) is 0 Å². The van der Waals surface area contributed by atoms with Crippen LogP contribution in [0.1, 0.15) is 17.0 Å². The summed E-state index contributed by atoms with van der Waals surface area (Å²) in [6, 6.07) is 20.8. The molecule has 0 atom stereocenters. The number of hydrogen-bond donors (Lipinski definition) is 2. The number of rotatable bonds is 12. The number of aromatic amines is 1. The fourth-order valence-electron chi connectivity index (χ4n) is 3.70. The third kappa shape index (κ3) is 7.52. The predicted octanol–water partition coefficient (Wildman–Crippen LogP) is 6.07. The Balaban J connectivity index is 1.36. The minimum atomic E-state index is -1.14. The zero-order chi connectivity index (χ0) is 26.3. The second-order valence-electron chi connectivity index (χ2n) is 10.1. The molecule has 2 aromatic carbocycles. The molecule has 0 bridgehead atoms. The van der Waals surface area contributed by atoms with Crippen molar-refractivity contribution in [3.05, 3.63) is 83.8 Å². The summed E-state index contributed by atoms with van der Waals surface area (Å²) in [7, 11) is 0.513. The summed E-state index contributed by atoms with van der Waals surface area (Å²) in [5, 5.41) is 9.74. The van der Waals surface area contributed by atoms with Crippen LogP contribution >= 0.6 is 0 Å². The topological polar surface area (TPSA) is 89.5 Å². The molecule has 194 valence electrons. The van der Waals surface area contributed by atoms with Crippen molar-refractivity contribution in [2.75, 3.05) is 13.7 Å². The summed E-state index contributed by atoms with van der Waals surface area (Å²) in [5.41, 5.74) is 5.20. The number of nitrogens with zero attached hydrogens (tertiary/aromatic N) is 2. The molecule has 0 radical (unpaired) electrons. The van der Waals surface area contributed by atoms with Gasteiger partial charge in [-0.15, -0.1) is 0 Å². The summed E-state index contributed by atoms with van der Waals surface area (Å²) in [4.78, 5) is 12.5. The highest BCUT2D eigenvalue weighted by atomic mass is 28.3. The van der Waals surface area contributed by atoms with Crippen LogP contribution in [0.15, 0.2) is 66.9 Å². The Kier molecular flexibility index (Phi) is 8.76. The molecule has 0 spiro atoms. The molecule has 0 amide bonds. The van der Waals surface area contributed by atoms with Crippen LogP contribution in [0.3, 0.4) is 0 Å². The predicted molar refractivity (Wildman–Crippen MR) is 148 cm³/mol. The lowest BCUT2D eigenvalue weighted by molar-refractivity contribution is 0.128. The maximum Gasteiger partial charge on any atom is 0.139 e. The van der Waals surface area contributed by atoms with Gasteiger partial charge in [0.25, 0.3) is 0 Å². The van der Waals surface area contributed by atoms with Gasteiger partial charge in [-0.2, -0.15) is 0 Å². The lowest BCUT2D eigenvalue weighted by Gasteiger charge is -2.15. The number of nitrogens with one attached hydrogen (secondary N) is 1. The third-order valence-corrected chi connectivity index (χ3v) is 7.71. The van der Waals surface area contributed by atoms with Crippen molar-refractivity contribution >= 4 is 8.07 Å². The minimum Gasteiger partial charge on any atom is -0.497 e. The number of aliphatic hydroxyl groups is 1. The van der Waals surface area contributed by atoms with E-state index >= 15 is 0 Å². The zero-order valence-corrected chi connectivity index (χ0v) is 23.0. The van der Waals surface area contributed by atoms with Crippen molar-refractivity contribution in [3.8, 4) is 34.1 Å². The number of hydrogen-bond acceptors (Lipinski definition) is 6.